The van der Waals surface area contributed by atoms with Gasteiger partial charge in [-0.15, -0.1) is 14.7 Å². The molecule has 14 heteroatoms. The summed E-state index contributed by atoms with van der Waals surface area (Å²) < 4.78 is 0. The Bertz CT molecular complexity index is 1130. The summed E-state index contributed by atoms with van der Waals surface area (Å²) in [7, 11) is 0. The van der Waals surface area contributed by atoms with Gasteiger partial charge in [0.25, 0.3) is 0 Å². The smallest absolute Gasteiger partial charge is 0.508 e. The number of carbonyl (C=O) groups is 3. The molecule has 0 aromatic heterocycles. The number of aromatic hydroxyl groups is 3. The van der Waals surface area contributed by atoms with Gasteiger partial charge in [0.05, 0.1) is 0 Å². The molecule has 0 spiro atoms. The van der Waals surface area contributed by atoms with Crippen LogP contribution in [-0.4, -0.2) is 34.2 Å². The van der Waals surface area contributed by atoms with Crippen molar-refractivity contribution >= 4 is 35.9 Å². The van der Waals surface area contributed by atoms with E-state index in [1.165, 1.54) is 48.5 Å². The summed E-state index contributed by atoms with van der Waals surface area (Å²) in [4.78, 5) is 60.5. The monoisotopic (exact) mass is 532 g/mol. The van der Waals surface area contributed by atoms with Crippen molar-refractivity contribution in [2.75, 3.05) is 0 Å². The number of nitrogens with zero attached hydrogens (tertiary/aromatic N) is 3. The number of aldehydes is 3. The maximum absolute atomic E-state index is 10.2. The Kier molecular flexibility index (Phi) is 17.1. The standard InChI is InChI=1S/3C7H5NO3.Fe.Na/c9-4-5-1-2-6(10)3-7(5)8-11;2*9-4-5-1-2-7(10)6(3-5)8-11;;/h3*1-4,10H;;/q;;;;+1. The van der Waals surface area contributed by atoms with Gasteiger partial charge >= 0.3 is 29.6 Å². The molecule has 0 unspecified atom stereocenters. The van der Waals surface area contributed by atoms with E-state index in [0.717, 1.165) is 6.07 Å². The maximum atomic E-state index is 10.2. The summed E-state index contributed by atoms with van der Waals surface area (Å²) >= 11 is 0. The Morgan fingerprint density at radius 3 is 1.34 bits per heavy atom. The number of nitroso groups, excluding NO2 is 3. The molecule has 35 heavy (non-hydrogen) atoms. The van der Waals surface area contributed by atoms with Crippen molar-refractivity contribution < 1.29 is 76.3 Å². The summed E-state index contributed by atoms with van der Waals surface area (Å²) in [6.07, 6.45) is 1.67. The van der Waals surface area contributed by atoms with E-state index < -0.39 is 0 Å². The first-order valence-electron chi connectivity index (χ1n) is 8.68. The van der Waals surface area contributed by atoms with Crippen molar-refractivity contribution in [2.24, 2.45) is 15.5 Å². The van der Waals surface area contributed by atoms with Gasteiger partial charge in [-0.2, -0.15) is 0 Å². The van der Waals surface area contributed by atoms with E-state index in [1.807, 2.05) is 0 Å². The second kappa shape index (κ2) is 17.8. The Hall–Kier alpha value is -3.61. The molecular formula is C21H15FeN3NaO9+. The van der Waals surface area contributed by atoms with Crippen molar-refractivity contribution in [3.63, 3.8) is 0 Å². The van der Waals surface area contributed by atoms with Crippen LogP contribution in [-0.2, 0) is 17.1 Å². The molecule has 0 saturated heterocycles. The van der Waals surface area contributed by atoms with Crippen LogP contribution in [0.3, 0.4) is 0 Å². The van der Waals surface area contributed by atoms with E-state index in [4.69, 9.17) is 15.3 Å². The topological polar surface area (TPSA) is 200 Å². The van der Waals surface area contributed by atoms with Gasteiger partial charge in [-0.05, 0) is 64.1 Å². The molecule has 176 valence electrons. The fourth-order valence-corrected chi connectivity index (χ4v) is 2.08. The number of phenolic OH excluding ortho intramolecular Hbond substituents is 3. The molecule has 0 heterocycles. The number of benzene rings is 3. The van der Waals surface area contributed by atoms with E-state index in [1.54, 1.807) is 0 Å². The number of hydrogen-bond acceptors (Lipinski definition) is 12. The number of rotatable bonds is 6. The largest absolute Gasteiger partial charge is 1.00 e. The van der Waals surface area contributed by atoms with E-state index in [9.17, 15) is 29.1 Å². The van der Waals surface area contributed by atoms with Crippen LogP contribution in [0.15, 0.2) is 70.1 Å². The van der Waals surface area contributed by atoms with Crippen LogP contribution < -0.4 is 29.6 Å². The van der Waals surface area contributed by atoms with Crippen molar-refractivity contribution in [1.29, 1.82) is 0 Å². The molecule has 0 aliphatic rings. The first-order valence-corrected chi connectivity index (χ1v) is 8.68. The van der Waals surface area contributed by atoms with E-state index >= 15 is 0 Å². The fraction of sp³-hybridized carbons (Fsp3) is 0. The van der Waals surface area contributed by atoms with Crippen molar-refractivity contribution in [3.8, 4) is 17.2 Å². The summed E-state index contributed by atoms with van der Waals surface area (Å²) in [5.41, 5.74) is 0.539. The van der Waals surface area contributed by atoms with Crippen LogP contribution in [0.4, 0.5) is 17.1 Å². The van der Waals surface area contributed by atoms with Gasteiger partial charge in [0.2, 0.25) is 0 Å². The van der Waals surface area contributed by atoms with Gasteiger partial charge in [0.1, 0.15) is 46.9 Å². The van der Waals surface area contributed by atoms with Gasteiger partial charge in [-0.3, -0.25) is 14.4 Å². The molecule has 0 amide bonds. The van der Waals surface area contributed by atoms with Gasteiger partial charge in [-0.1, -0.05) is 0 Å². The summed E-state index contributed by atoms with van der Waals surface area (Å²) in [5.74, 6) is -0.513. The third-order valence-electron chi connectivity index (χ3n) is 3.71. The van der Waals surface area contributed by atoms with Crippen LogP contribution in [0.25, 0.3) is 0 Å². The first-order chi connectivity index (χ1) is 15.8. The molecule has 0 atom stereocenters. The zero-order chi connectivity index (χ0) is 24.8. The summed E-state index contributed by atoms with van der Waals surface area (Å²) in [6.45, 7) is 0. The average molecular weight is 532 g/mol. The van der Waals surface area contributed by atoms with Crippen molar-refractivity contribution in [2.45, 2.75) is 0 Å². The Labute approximate surface area is 230 Å². The molecule has 0 bridgehead atoms. The van der Waals surface area contributed by atoms with Crippen molar-refractivity contribution in [3.05, 3.63) is 86.0 Å². The Balaban J connectivity index is 0. The van der Waals surface area contributed by atoms with Crippen molar-refractivity contribution in [1.82, 2.24) is 0 Å². The molecule has 0 radical (unpaired) electrons. The quantitative estimate of drug-likeness (QED) is 0.241. The molecular weight excluding hydrogens is 517 g/mol. The molecule has 3 aromatic carbocycles. The molecule has 0 aliphatic carbocycles. The third-order valence-corrected chi connectivity index (χ3v) is 3.71. The molecule has 3 aromatic rings. The SMILES string of the molecule is O=Cc1ccc(O)c(N=O)c1.O=Cc1ccc(O)c(N=O)c1.O=Cc1ccc(O)cc1N=O.[Fe].[Na+]. The molecule has 0 fully saturated rings. The van der Waals surface area contributed by atoms with Gasteiger partial charge in [0.15, 0.2) is 6.29 Å². The second-order valence-corrected chi connectivity index (χ2v) is 5.87. The van der Waals surface area contributed by atoms with Gasteiger partial charge in [-0.25, -0.2) is 0 Å². The Morgan fingerprint density at radius 1 is 0.571 bits per heavy atom. The molecule has 3 N–H and O–H groups in total. The van der Waals surface area contributed by atoms with Crippen LogP contribution >= 0.6 is 0 Å². The zero-order valence-corrected chi connectivity index (χ0v) is 21.0. The van der Waals surface area contributed by atoms with Gasteiger partial charge < -0.3 is 15.3 Å². The van der Waals surface area contributed by atoms with Crippen LogP contribution in [0.1, 0.15) is 31.1 Å². The van der Waals surface area contributed by atoms with Crippen LogP contribution in [0.2, 0.25) is 0 Å². The first kappa shape index (κ1) is 33.6. The molecule has 0 saturated carbocycles. The molecule has 12 nitrogen and oxygen atoms in total. The summed E-state index contributed by atoms with van der Waals surface area (Å²) in [5, 5.41) is 34.3. The maximum Gasteiger partial charge on any atom is 1.00 e. The number of hydrogen-bond donors (Lipinski definition) is 3. The number of phenols is 3. The van der Waals surface area contributed by atoms with E-state index in [0.29, 0.717) is 30.0 Å². The van der Waals surface area contributed by atoms with Crippen LogP contribution in [0, 0.1) is 14.7 Å². The second-order valence-electron chi connectivity index (χ2n) is 5.87. The Morgan fingerprint density at radius 2 is 1.00 bits per heavy atom. The van der Waals surface area contributed by atoms with Crippen LogP contribution in [0.5, 0.6) is 17.2 Å². The minimum atomic E-state index is -0.217. The molecule has 3 rings (SSSR count). The normalized spacial score (nSPS) is 8.57. The molecule has 0 aliphatic heterocycles. The predicted octanol–water partition coefficient (Wildman–Crippen LogP) is 1.81. The number of carbonyl (C=O) groups excluding carboxylic acids is 3. The minimum absolute atomic E-state index is 0. The van der Waals surface area contributed by atoms with E-state index in [2.05, 4.69) is 15.5 Å². The average Bonchev–Trinajstić information content (AvgIpc) is 2.85. The zero-order valence-electron chi connectivity index (χ0n) is 17.9. The minimum Gasteiger partial charge on any atom is -0.508 e. The van der Waals surface area contributed by atoms with E-state index in [-0.39, 0.29) is 86.5 Å². The van der Waals surface area contributed by atoms with Gasteiger partial charge in [0, 0.05) is 39.8 Å². The fourth-order valence-electron chi connectivity index (χ4n) is 2.08. The summed E-state index contributed by atoms with van der Waals surface area (Å²) in [6, 6.07) is 11.5. The third kappa shape index (κ3) is 10.9. The predicted molar refractivity (Wildman–Crippen MR) is 117 cm³/mol.